The summed E-state index contributed by atoms with van der Waals surface area (Å²) in [6.07, 6.45) is 1.70. The molecule has 0 atom stereocenters. The largest absolute Gasteiger partial charge is 0.481 e. The van der Waals surface area contributed by atoms with Crippen LogP contribution in [-0.4, -0.2) is 23.6 Å². The van der Waals surface area contributed by atoms with Crippen molar-refractivity contribution in [3.05, 3.63) is 89.0 Å². The summed E-state index contributed by atoms with van der Waals surface area (Å²) in [6.45, 7) is 1.51. The standard InChI is InChI=1S/C25H25NO4/c1-17-7-5-12-21(30-16-23(28)29)24(17)25-19(10-6-11-20(25)15-22(26)27)14-13-18-8-3-2-4-9-18/h2-12H,13-16H2,1H3,(H2,26,27)(H,28,29). The van der Waals surface area contributed by atoms with E-state index in [1.54, 1.807) is 6.07 Å². The summed E-state index contributed by atoms with van der Waals surface area (Å²) in [7, 11) is 0. The Morgan fingerprint density at radius 3 is 2.27 bits per heavy atom. The number of nitrogens with two attached hydrogens (primary N) is 1. The van der Waals surface area contributed by atoms with E-state index in [-0.39, 0.29) is 6.42 Å². The predicted molar refractivity (Wildman–Crippen MR) is 116 cm³/mol. The average Bonchev–Trinajstić information content (AvgIpc) is 2.72. The average molecular weight is 403 g/mol. The van der Waals surface area contributed by atoms with Gasteiger partial charge < -0.3 is 15.6 Å². The maximum atomic E-state index is 11.7. The van der Waals surface area contributed by atoms with E-state index in [1.807, 2.05) is 55.5 Å². The molecule has 0 spiro atoms. The number of rotatable bonds is 9. The molecule has 0 aromatic heterocycles. The van der Waals surface area contributed by atoms with Crippen LogP contribution in [0, 0.1) is 6.92 Å². The first-order valence-electron chi connectivity index (χ1n) is 9.83. The van der Waals surface area contributed by atoms with E-state index in [2.05, 4.69) is 12.1 Å². The Morgan fingerprint density at radius 2 is 1.57 bits per heavy atom. The molecule has 1 amide bonds. The summed E-state index contributed by atoms with van der Waals surface area (Å²) in [5.41, 5.74) is 11.2. The molecule has 0 fully saturated rings. The van der Waals surface area contributed by atoms with Crippen LogP contribution in [0.1, 0.15) is 22.3 Å². The first-order valence-corrected chi connectivity index (χ1v) is 9.83. The highest BCUT2D eigenvalue weighted by Crippen LogP contribution is 2.38. The molecule has 0 saturated carbocycles. The smallest absolute Gasteiger partial charge is 0.341 e. The fourth-order valence-electron chi connectivity index (χ4n) is 3.66. The number of hydrogen-bond donors (Lipinski definition) is 2. The number of amides is 1. The zero-order valence-corrected chi connectivity index (χ0v) is 16.9. The third kappa shape index (κ3) is 5.26. The van der Waals surface area contributed by atoms with Crippen molar-refractivity contribution in [3.63, 3.8) is 0 Å². The Kier molecular flexibility index (Phi) is 6.86. The SMILES string of the molecule is Cc1cccc(OCC(=O)O)c1-c1c(CCc2ccccc2)cccc1CC(N)=O. The van der Waals surface area contributed by atoms with Crippen LogP contribution in [0.5, 0.6) is 5.75 Å². The van der Waals surface area contributed by atoms with Gasteiger partial charge >= 0.3 is 5.97 Å². The molecule has 30 heavy (non-hydrogen) atoms. The van der Waals surface area contributed by atoms with Crippen molar-refractivity contribution < 1.29 is 19.4 Å². The minimum atomic E-state index is -1.04. The van der Waals surface area contributed by atoms with Gasteiger partial charge in [-0.1, -0.05) is 60.7 Å². The summed E-state index contributed by atoms with van der Waals surface area (Å²) in [5, 5.41) is 9.06. The van der Waals surface area contributed by atoms with Crippen LogP contribution >= 0.6 is 0 Å². The van der Waals surface area contributed by atoms with E-state index >= 15 is 0 Å². The van der Waals surface area contributed by atoms with Crippen molar-refractivity contribution in [3.8, 4) is 16.9 Å². The molecule has 3 rings (SSSR count). The van der Waals surface area contributed by atoms with E-state index in [1.165, 1.54) is 5.56 Å². The van der Waals surface area contributed by atoms with Gasteiger partial charge in [0.25, 0.3) is 0 Å². The number of ether oxygens (including phenoxy) is 1. The Balaban J connectivity index is 2.09. The maximum absolute atomic E-state index is 11.7. The maximum Gasteiger partial charge on any atom is 0.341 e. The van der Waals surface area contributed by atoms with Gasteiger partial charge in [0.2, 0.25) is 5.91 Å². The summed E-state index contributed by atoms with van der Waals surface area (Å²) in [5.74, 6) is -0.981. The first kappa shape index (κ1) is 21.1. The molecule has 0 aliphatic rings. The Morgan fingerprint density at radius 1 is 0.867 bits per heavy atom. The lowest BCUT2D eigenvalue weighted by Gasteiger charge is -2.20. The molecule has 0 aliphatic carbocycles. The monoisotopic (exact) mass is 403 g/mol. The number of aryl methyl sites for hydroxylation is 3. The molecule has 0 saturated heterocycles. The van der Waals surface area contributed by atoms with E-state index in [9.17, 15) is 9.59 Å². The quantitative estimate of drug-likeness (QED) is 0.566. The van der Waals surface area contributed by atoms with E-state index < -0.39 is 18.5 Å². The van der Waals surface area contributed by atoms with Crippen molar-refractivity contribution in [1.82, 2.24) is 0 Å². The van der Waals surface area contributed by atoms with Crippen molar-refractivity contribution in [2.45, 2.75) is 26.2 Å². The third-order valence-electron chi connectivity index (χ3n) is 4.96. The number of carboxylic acid groups (broad SMARTS) is 1. The molecule has 0 bridgehead atoms. The molecule has 5 nitrogen and oxygen atoms in total. The van der Waals surface area contributed by atoms with E-state index in [0.717, 1.165) is 40.7 Å². The van der Waals surface area contributed by atoms with Crippen LogP contribution in [0.4, 0.5) is 0 Å². The Bertz CT molecular complexity index is 1040. The van der Waals surface area contributed by atoms with Crippen LogP contribution < -0.4 is 10.5 Å². The van der Waals surface area contributed by atoms with Gasteiger partial charge in [-0.25, -0.2) is 4.79 Å². The highest BCUT2D eigenvalue weighted by atomic mass is 16.5. The zero-order valence-electron chi connectivity index (χ0n) is 16.9. The lowest BCUT2D eigenvalue weighted by atomic mass is 9.87. The zero-order chi connectivity index (χ0) is 21.5. The fourth-order valence-corrected chi connectivity index (χ4v) is 3.66. The molecule has 3 N–H and O–H groups in total. The minimum Gasteiger partial charge on any atom is -0.481 e. The summed E-state index contributed by atoms with van der Waals surface area (Å²) >= 11 is 0. The van der Waals surface area contributed by atoms with Gasteiger partial charge in [-0.15, -0.1) is 0 Å². The second kappa shape index (κ2) is 9.74. The predicted octanol–water partition coefficient (Wildman–Crippen LogP) is 3.94. The molecule has 3 aromatic carbocycles. The second-order valence-electron chi connectivity index (χ2n) is 7.21. The van der Waals surface area contributed by atoms with Crippen molar-refractivity contribution in [2.24, 2.45) is 5.73 Å². The molecular weight excluding hydrogens is 378 g/mol. The Labute approximate surface area is 176 Å². The molecule has 0 aliphatic heterocycles. The Hall–Kier alpha value is -3.60. The summed E-state index contributed by atoms with van der Waals surface area (Å²) < 4.78 is 5.60. The topological polar surface area (TPSA) is 89.6 Å². The van der Waals surface area contributed by atoms with Gasteiger partial charge in [0.1, 0.15) is 5.75 Å². The van der Waals surface area contributed by atoms with Crippen LogP contribution in [0.2, 0.25) is 0 Å². The van der Waals surface area contributed by atoms with E-state index in [4.69, 9.17) is 15.6 Å². The first-order chi connectivity index (χ1) is 14.5. The van der Waals surface area contributed by atoms with Crippen molar-refractivity contribution in [1.29, 1.82) is 0 Å². The lowest BCUT2D eigenvalue weighted by molar-refractivity contribution is -0.139. The minimum absolute atomic E-state index is 0.0984. The number of carboxylic acids is 1. The molecular formula is C25H25NO4. The molecule has 0 unspecified atom stereocenters. The molecule has 5 heteroatoms. The van der Waals surface area contributed by atoms with Gasteiger partial charge in [-0.3, -0.25) is 4.79 Å². The number of aliphatic carboxylic acids is 1. The van der Waals surface area contributed by atoms with E-state index in [0.29, 0.717) is 5.75 Å². The highest BCUT2D eigenvalue weighted by molar-refractivity contribution is 5.85. The van der Waals surface area contributed by atoms with Crippen molar-refractivity contribution in [2.75, 3.05) is 6.61 Å². The highest BCUT2D eigenvalue weighted by Gasteiger charge is 2.19. The molecule has 0 radical (unpaired) electrons. The number of carbonyl (C=O) groups excluding carboxylic acids is 1. The summed E-state index contributed by atoms with van der Waals surface area (Å²) in [4.78, 5) is 22.8. The van der Waals surface area contributed by atoms with Gasteiger partial charge in [-0.05, 0) is 53.6 Å². The van der Waals surface area contributed by atoms with Crippen LogP contribution in [-0.2, 0) is 28.9 Å². The third-order valence-corrected chi connectivity index (χ3v) is 4.96. The number of benzene rings is 3. The number of hydrogen-bond acceptors (Lipinski definition) is 3. The van der Waals surface area contributed by atoms with Crippen LogP contribution in [0.3, 0.4) is 0 Å². The van der Waals surface area contributed by atoms with Gasteiger partial charge in [0.15, 0.2) is 6.61 Å². The normalized spacial score (nSPS) is 10.6. The molecule has 154 valence electrons. The van der Waals surface area contributed by atoms with Crippen molar-refractivity contribution >= 4 is 11.9 Å². The molecule has 0 heterocycles. The lowest BCUT2D eigenvalue weighted by Crippen LogP contribution is -2.15. The van der Waals surface area contributed by atoms with Crippen LogP contribution in [0.15, 0.2) is 66.7 Å². The summed E-state index contributed by atoms with van der Waals surface area (Å²) in [6, 6.07) is 21.6. The van der Waals surface area contributed by atoms with Gasteiger partial charge in [-0.2, -0.15) is 0 Å². The number of primary amides is 1. The fraction of sp³-hybridized carbons (Fsp3) is 0.200. The number of carbonyl (C=O) groups is 2. The van der Waals surface area contributed by atoms with Gasteiger partial charge in [0.05, 0.1) is 6.42 Å². The molecule has 3 aromatic rings. The second-order valence-corrected chi connectivity index (χ2v) is 7.21. The van der Waals surface area contributed by atoms with Gasteiger partial charge in [0, 0.05) is 5.56 Å². The van der Waals surface area contributed by atoms with Crippen LogP contribution in [0.25, 0.3) is 11.1 Å².